The molecule has 132 valence electrons. The third-order valence-electron chi connectivity index (χ3n) is 3.61. The van der Waals surface area contributed by atoms with Crippen molar-refractivity contribution in [2.75, 3.05) is 17.6 Å². The summed E-state index contributed by atoms with van der Waals surface area (Å²) in [6, 6.07) is 7.59. The summed E-state index contributed by atoms with van der Waals surface area (Å²) in [6.07, 6.45) is 2.55. The van der Waals surface area contributed by atoms with Gasteiger partial charge in [-0.2, -0.15) is 0 Å². The molecule has 1 aromatic carbocycles. The van der Waals surface area contributed by atoms with Crippen LogP contribution in [0.4, 0.5) is 5.69 Å². The minimum Gasteiger partial charge on any atom is -0.348 e. The standard InChI is InChI=1S/C18H26N2O3S/c1-4-8-13(3)18(23)19-11-17(22)24-12-16(21)20-15-10-7-6-9-14(15)5-2/h6-7,9-10,13H,4-5,8,11-12H2,1-3H3,(H,19,23)(H,20,21)/t13-/m0/s1. The highest BCUT2D eigenvalue weighted by molar-refractivity contribution is 8.14. The van der Waals surface area contributed by atoms with E-state index in [1.165, 1.54) is 0 Å². The summed E-state index contributed by atoms with van der Waals surface area (Å²) in [5, 5.41) is 5.22. The molecule has 24 heavy (non-hydrogen) atoms. The molecule has 0 aliphatic heterocycles. The summed E-state index contributed by atoms with van der Waals surface area (Å²) in [6.45, 7) is 5.83. The van der Waals surface area contributed by atoms with Gasteiger partial charge >= 0.3 is 0 Å². The number of amides is 2. The number of rotatable bonds is 9. The molecule has 0 unspecified atom stereocenters. The molecular formula is C18H26N2O3S. The summed E-state index contributed by atoms with van der Waals surface area (Å²) >= 11 is 0.919. The number of nitrogens with one attached hydrogen (secondary N) is 2. The van der Waals surface area contributed by atoms with Crippen molar-refractivity contribution in [3.8, 4) is 0 Å². The molecule has 0 heterocycles. The van der Waals surface area contributed by atoms with Gasteiger partial charge in [-0.25, -0.2) is 0 Å². The number of anilines is 1. The molecule has 0 saturated carbocycles. The number of hydrogen-bond donors (Lipinski definition) is 2. The third kappa shape index (κ3) is 7.17. The molecule has 0 fully saturated rings. The van der Waals surface area contributed by atoms with Crippen molar-refractivity contribution in [3.63, 3.8) is 0 Å². The zero-order valence-electron chi connectivity index (χ0n) is 14.6. The van der Waals surface area contributed by atoms with Crippen LogP contribution in [-0.4, -0.2) is 29.2 Å². The van der Waals surface area contributed by atoms with Crippen molar-refractivity contribution in [3.05, 3.63) is 29.8 Å². The van der Waals surface area contributed by atoms with Crippen LogP contribution in [0.2, 0.25) is 0 Å². The number of hydrogen-bond acceptors (Lipinski definition) is 4. The second-order valence-corrected chi connectivity index (χ2v) is 6.66. The Kier molecular flexibility index (Phi) is 9.15. The first-order valence-corrected chi connectivity index (χ1v) is 9.27. The highest BCUT2D eigenvalue weighted by Gasteiger charge is 2.14. The minimum absolute atomic E-state index is 0.0390. The highest BCUT2D eigenvalue weighted by Crippen LogP contribution is 2.16. The molecule has 0 aromatic heterocycles. The average Bonchev–Trinajstić information content (AvgIpc) is 2.58. The van der Waals surface area contributed by atoms with Gasteiger partial charge in [0, 0.05) is 11.6 Å². The van der Waals surface area contributed by atoms with E-state index in [2.05, 4.69) is 10.6 Å². The zero-order valence-corrected chi connectivity index (χ0v) is 15.4. The van der Waals surface area contributed by atoms with Crippen LogP contribution in [0.3, 0.4) is 0 Å². The maximum atomic E-state index is 11.9. The monoisotopic (exact) mass is 350 g/mol. The lowest BCUT2D eigenvalue weighted by atomic mass is 10.1. The van der Waals surface area contributed by atoms with Gasteiger partial charge < -0.3 is 10.6 Å². The highest BCUT2D eigenvalue weighted by atomic mass is 32.2. The van der Waals surface area contributed by atoms with Gasteiger partial charge in [0.25, 0.3) is 0 Å². The van der Waals surface area contributed by atoms with Gasteiger partial charge in [0.1, 0.15) is 0 Å². The van der Waals surface area contributed by atoms with Crippen LogP contribution in [0, 0.1) is 5.92 Å². The van der Waals surface area contributed by atoms with Crippen molar-refractivity contribution in [1.82, 2.24) is 5.32 Å². The Hall–Kier alpha value is -1.82. The SMILES string of the molecule is CCC[C@H](C)C(=O)NCC(=O)SCC(=O)Nc1ccccc1CC. The fourth-order valence-electron chi connectivity index (χ4n) is 2.23. The molecule has 0 saturated heterocycles. The number of carbonyl (C=O) groups excluding carboxylic acids is 3. The van der Waals surface area contributed by atoms with E-state index >= 15 is 0 Å². The van der Waals surface area contributed by atoms with Gasteiger partial charge in [0.2, 0.25) is 16.9 Å². The molecule has 0 bridgehead atoms. The van der Waals surface area contributed by atoms with Crippen LogP contribution in [0.1, 0.15) is 39.2 Å². The predicted molar refractivity (Wildman–Crippen MR) is 99.0 cm³/mol. The molecule has 1 atom stereocenters. The largest absolute Gasteiger partial charge is 0.348 e. The number of para-hydroxylation sites is 1. The van der Waals surface area contributed by atoms with Gasteiger partial charge in [0.05, 0.1) is 12.3 Å². The predicted octanol–water partition coefficient (Wildman–Crippen LogP) is 3.00. The second kappa shape index (κ2) is 10.9. The Bertz CT molecular complexity index is 575. The van der Waals surface area contributed by atoms with Crippen LogP contribution < -0.4 is 10.6 Å². The fourth-order valence-corrected chi connectivity index (χ4v) is 2.77. The van der Waals surface area contributed by atoms with Crippen molar-refractivity contribution >= 4 is 34.4 Å². The van der Waals surface area contributed by atoms with Crippen LogP contribution in [0.25, 0.3) is 0 Å². The molecule has 0 aliphatic rings. The van der Waals surface area contributed by atoms with Crippen LogP contribution in [-0.2, 0) is 20.8 Å². The number of aryl methyl sites for hydroxylation is 1. The van der Waals surface area contributed by atoms with Gasteiger partial charge in [0.15, 0.2) is 0 Å². The summed E-state index contributed by atoms with van der Waals surface area (Å²) in [7, 11) is 0. The zero-order chi connectivity index (χ0) is 17.9. The lowest BCUT2D eigenvalue weighted by Gasteiger charge is -2.11. The van der Waals surface area contributed by atoms with E-state index in [1.54, 1.807) is 0 Å². The van der Waals surface area contributed by atoms with Gasteiger partial charge in [-0.3, -0.25) is 14.4 Å². The van der Waals surface area contributed by atoms with E-state index < -0.39 is 0 Å². The van der Waals surface area contributed by atoms with Gasteiger partial charge in [-0.05, 0) is 24.5 Å². The Balaban J connectivity index is 2.33. The van der Waals surface area contributed by atoms with Crippen molar-refractivity contribution in [2.24, 2.45) is 5.92 Å². The number of carbonyl (C=O) groups is 3. The van der Waals surface area contributed by atoms with Crippen LogP contribution in [0.5, 0.6) is 0 Å². The minimum atomic E-state index is -0.222. The van der Waals surface area contributed by atoms with Gasteiger partial charge in [-0.1, -0.05) is 57.2 Å². The summed E-state index contributed by atoms with van der Waals surface area (Å²) in [4.78, 5) is 35.5. The Morgan fingerprint density at radius 3 is 2.54 bits per heavy atom. The van der Waals surface area contributed by atoms with E-state index in [0.717, 1.165) is 42.3 Å². The maximum absolute atomic E-state index is 11.9. The normalized spacial score (nSPS) is 11.6. The molecular weight excluding hydrogens is 324 g/mol. The summed E-state index contributed by atoms with van der Waals surface area (Å²) < 4.78 is 0. The van der Waals surface area contributed by atoms with Crippen molar-refractivity contribution < 1.29 is 14.4 Å². The first-order chi connectivity index (χ1) is 11.5. The molecule has 0 aliphatic carbocycles. The Labute approximate surface area is 148 Å². The van der Waals surface area contributed by atoms with Crippen molar-refractivity contribution in [1.29, 1.82) is 0 Å². The lowest BCUT2D eigenvalue weighted by molar-refractivity contribution is -0.126. The molecule has 0 spiro atoms. The van der Waals surface area contributed by atoms with E-state index in [1.807, 2.05) is 45.0 Å². The Morgan fingerprint density at radius 2 is 1.88 bits per heavy atom. The summed E-state index contributed by atoms with van der Waals surface area (Å²) in [5.41, 5.74) is 1.83. The van der Waals surface area contributed by atoms with E-state index in [0.29, 0.717) is 0 Å². The molecule has 5 nitrogen and oxygen atoms in total. The molecule has 6 heteroatoms. The fraction of sp³-hybridized carbons (Fsp3) is 0.500. The molecule has 2 amide bonds. The average molecular weight is 350 g/mol. The van der Waals surface area contributed by atoms with E-state index in [9.17, 15) is 14.4 Å². The first kappa shape index (κ1) is 20.2. The van der Waals surface area contributed by atoms with Crippen LogP contribution >= 0.6 is 11.8 Å². The second-order valence-electron chi connectivity index (χ2n) is 5.63. The third-order valence-corrected chi connectivity index (χ3v) is 4.49. The summed E-state index contributed by atoms with van der Waals surface area (Å²) in [5.74, 6) is -0.397. The molecule has 1 rings (SSSR count). The molecule has 2 N–H and O–H groups in total. The smallest absolute Gasteiger partial charge is 0.234 e. The first-order valence-electron chi connectivity index (χ1n) is 8.29. The van der Waals surface area contributed by atoms with E-state index in [4.69, 9.17) is 0 Å². The maximum Gasteiger partial charge on any atom is 0.234 e. The van der Waals surface area contributed by atoms with Crippen molar-refractivity contribution in [2.45, 2.75) is 40.0 Å². The Morgan fingerprint density at radius 1 is 1.17 bits per heavy atom. The number of benzene rings is 1. The van der Waals surface area contributed by atoms with Crippen LogP contribution in [0.15, 0.2) is 24.3 Å². The quantitative estimate of drug-likeness (QED) is 0.718. The molecule has 0 radical (unpaired) electrons. The van der Waals surface area contributed by atoms with Gasteiger partial charge in [-0.15, -0.1) is 0 Å². The molecule has 1 aromatic rings. The number of thioether (sulfide) groups is 1. The topological polar surface area (TPSA) is 75.3 Å². The van der Waals surface area contributed by atoms with E-state index in [-0.39, 0.29) is 35.1 Å². The lowest BCUT2D eigenvalue weighted by Crippen LogP contribution is -2.33.